The second-order valence-corrected chi connectivity index (χ2v) is 3.77. The Morgan fingerprint density at radius 2 is 2.00 bits per heavy atom. The number of carbonyl (C=O) groups is 1. The molecule has 0 aliphatic carbocycles. The molecule has 1 N–H and O–H groups in total. The maximum atomic E-state index is 11.1. The van der Waals surface area contributed by atoms with Gasteiger partial charge in [0.15, 0.2) is 0 Å². The third-order valence-electron chi connectivity index (χ3n) is 2.47. The van der Waals surface area contributed by atoms with Gasteiger partial charge in [0.1, 0.15) is 5.78 Å². The fourth-order valence-electron chi connectivity index (χ4n) is 1.49. The number of ketones is 1. The highest BCUT2D eigenvalue weighted by Gasteiger charge is 2.08. The van der Waals surface area contributed by atoms with Crippen LogP contribution in [0.1, 0.15) is 31.7 Å². The third kappa shape index (κ3) is 4.75. The van der Waals surface area contributed by atoms with Crippen molar-refractivity contribution in [3.8, 4) is 0 Å². The number of Topliss-reactive ketones (excluding diaryl/α,β-unsaturated/α-hetero) is 1. The standard InChI is InChI=1S/C13H18O2/c1-2-12(14)10-13(15)9-8-11-6-4-3-5-7-11/h3-7,13,15H,2,8-10H2,1H3. The summed E-state index contributed by atoms with van der Waals surface area (Å²) in [6.07, 6.45) is 1.82. The molecule has 1 aromatic rings. The van der Waals surface area contributed by atoms with Gasteiger partial charge < -0.3 is 5.11 Å². The summed E-state index contributed by atoms with van der Waals surface area (Å²) in [5.74, 6) is 0.135. The molecule has 0 aliphatic rings. The topological polar surface area (TPSA) is 37.3 Å². The van der Waals surface area contributed by atoms with Crippen molar-refractivity contribution in [3.63, 3.8) is 0 Å². The summed E-state index contributed by atoms with van der Waals surface area (Å²) in [4.78, 5) is 11.1. The Morgan fingerprint density at radius 1 is 1.33 bits per heavy atom. The van der Waals surface area contributed by atoms with Crippen molar-refractivity contribution in [1.29, 1.82) is 0 Å². The van der Waals surface area contributed by atoms with E-state index < -0.39 is 6.10 Å². The number of carbonyl (C=O) groups excluding carboxylic acids is 1. The molecule has 0 saturated heterocycles. The van der Waals surface area contributed by atoms with Gasteiger partial charge >= 0.3 is 0 Å². The lowest BCUT2D eigenvalue weighted by atomic mass is 10.0. The van der Waals surface area contributed by atoms with Crippen LogP contribution in [0.15, 0.2) is 30.3 Å². The first kappa shape index (κ1) is 11.9. The monoisotopic (exact) mass is 206 g/mol. The largest absolute Gasteiger partial charge is 0.393 e. The maximum absolute atomic E-state index is 11.1. The van der Waals surface area contributed by atoms with Crippen molar-refractivity contribution in [2.75, 3.05) is 0 Å². The maximum Gasteiger partial charge on any atom is 0.135 e. The number of rotatable bonds is 6. The summed E-state index contributed by atoms with van der Waals surface area (Å²) in [6, 6.07) is 10.0. The Balaban J connectivity index is 2.28. The van der Waals surface area contributed by atoms with Crippen molar-refractivity contribution in [2.45, 2.75) is 38.7 Å². The molecule has 2 nitrogen and oxygen atoms in total. The first-order valence-corrected chi connectivity index (χ1v) is 5.46. The Kier molecular flexibility index (Phi) is 5.05. The van der Waals surface area contributed by atoms with Gasteiger partial charge in [0.25, 0.3) is 0 Å². The number of hydrogen-bond donors (Lipinski definition) is 1. The van der Waals surface area contributed by atoms with E-state index in [0.29, 0.717) is 19.3 Å². The molecule has 0 radical (unpaired) electrons. The van der Waals surface area contributed by atoms with Crippen molar-refractivity contribution in [3.05, 3.63) is 35.9 Å². The van der Waals surface area contributed by atoms with E-state index in [0.717, 1.165) is 6.42 Å². The van der Waals surface area contributed by atoms with Crippen LogP contribution in [0.2, 0.25) is 0 Å². The molecule has 1 atom stereocenters. The van der Waals surface area contributed by atoms with E-state index in [-0.39, 0.29) is 5.78 Å². The molecule has 1 aromatic carbocycles. The Morgan fingerprint density at radius 3 is 2.60 bits per heavy atom. The van der Waals surface area contributed by atoms with E-state index in [1.54, 1.807) is 0 Å². The van der Waals surface area contributed by atoms with Crippen molar-refractivity contribution < 1.29 is 9.90 Å². The van der Waals surface area contributed by atoms with Gasteiger partial charge in [-0.25, -0.2) is 0 Å². The number of hydrogen-bond acceptors (Lipinski definition) is 2. The molecule has 0 heterocycles. The fourth-order valence-corrected chi connectivity index (χ4v) is 1.49. The lowest BCUT2D eigenvalue weighted by molar-refractivity contribution is -0.120. The van der Waals surface area contributed by atoms with Gasteiger partial charge in [-0.15, -0.1) is 0 Å². The summed E-state index contributed by atoms with van der Waals surface area (Å²) < 4.78 is 0. The lowest BCUT2D eigenvalue weighted by Crippen LogP contribution is -2.13. The third-order valence-corrected chi connectivity index (χ3v) is 2.47. The highest BCUT2D eigenvalue weighted by Crippen LogP contribution is 2.08. The minimum atomic E-state index is -0.488. The van der Waals surface area contributed by atoms with Crippen LogP contribution in [0.5, 0.6) is 0 Å². The van der Waals surface area contributed by atoms with Gasteiger partial charge in [-0.2, -0.15) is 0 Å². The average Bonchev–Trinajstić information content (AvgIpc) is 2.27. The van der Waals surface area contributed by atoms with Crippen molar-refractivity contribution in [2.24, 2.45) is 0 Å². The lowest BCUT2D eigenvalue weighted by Gasteiger charge is -2.08. The highest BCUT2D eigenvalue weighted by molar-refractivity contribution is 5.78. The van der Waals surface area contributed by atoms with Gasteiger partial charge in [-0.3, -0.25) is 4.79 Å². The zero-order valence-electron chi connectivity index (χ0n) is 9.15. The number of benzene rings is 1. The molecule has 1 unspecified atom stereocenters. The van der Waals surface area contributed by atoms with Crippen LogP contribution in [0, 0.1) is 0 Å². The van der Waals surface area contributed by atoms with Crippen LogP contribution >= 0.6 is 0 Å². The van der Waals surface area contributed by atoms with Gasteiger partial charge in [-0.1, -0.05) is 37.3 Å². The molecule has 1 rings (SSSR count). The highest BCUT2D eigenvalue weighted by atomic mass is 16.3. The number of aliphatic hydroxyl groups excluding tert-OH is 1. The first-order chi connectivity index (χ1) is 7.22. The predicted molar refractivity (Wildman–Crippen MR) is 60.7 cm³/mol. The predicted octanol–water partition coefficient (Wildman–Crippen LogP) is 2.35. The summed E-state index contributed by atoms with van der Waals surface area (Å²) in [7, 11) is 0. The molecular formula is C13H18O2. The molecule has 2 heteroatoms. The Hall–Kier alpha value is -1.15. The zero-order valence-corrected chi connectivity index (χ0v) is 9.15. The molecule has 15 heavy (non-hydrogen) atoms. The van der Waals surface area contributed by atoms with Gasteiger partial charge in [0, 0.05) is 12.8 Å². The van der Waals surface area contributed by atoms with E-state index in [1.165, 1.54) is 5.56 Å². The molecule has 0 aliphatic heterocycles. The molecule has 0 amide bonds. The fraction of sp³-hybridized carbons (Fsp3) is 0.462. The summed E-state index contributed by atoms with van der Waals surface area (Å²) in [6.45, 7) is 1.83. The smallest absolute Gasteiger partial charge is 0.135 e. The molecule has 0 bridgehead atoms. The quantitative estimate of drug-likeness (QED) is 0.775. The minimum Gasteiger partial charge on any atom is -0.393 e. The average molecular weight is 206 g/mol. The van der Waals surface area contributed by atoms with Crippen molar-refractivity contribution >= 4 is 5.78 Å². The number of aryl methyl sites for hydroxylation is 1. The first-order valence-electron chi connectivity index (χ1n) is 5.46. The van der Waals surface area contributed by atoms with E-state index in [4.69, 9.17) is 0 Å². The molecule has 0 fully saturated rings. The molecule has 82 valence electrons. The molecule has 0 aromatic heterocycles. The van der Waals surface area contributed by atoms with E-state index in [1.807, 2.05) is 37.3 Å². The Bertz CT molecular complexity index is 293. The minimum absolute atomic E-state index is 0.135. The van der Waals surface area contributed by atoms with Crippen LogP contribution in [0.25, 0.3) is 0 Å². The van der Waals surface area contributed by atoms with E-state index in [2.05, 4.69) is 0 Å². The van der Waals surface area contributed by atoms with Crippen LogP contribution in [0.3, 0.4) is 0 Å². The molecule has 0 spiro atoms. The summed E-state index contributed by atoms with van der Waals surface area (Å²) in [5, 5.41) is 9.59. The molecule has 0 saturated carbocycles. The number of aliphatic hydroxyl groups is 1. The molecular weight excluding hydrogens is 188 g/mol. The zero-order chi connectivity index (χ0) is 11.1. The van der Waals surface area contributed by atoms with E-state index >= 15 is 0 Å². The summed E-state index contributed by atoms with van der Waals surface area (Å²) in [5.41, 5.74) is 1.21. The van der Waals surface area contributed by atoms with Gasteiger partial charge in [0.05, 0.1) is 6.10 Å². The van der Waals surface area contributed by atoms with E-state index in [9.17, 15) is 9.90 Å². The van der Waals surface area contributed by atoms with Gasteiger partial charge in [-0.05, 0) is 18.4 Å². The van der Waals surface area contributed by atoms with Crippen molar-refractivity contribution in [1.82, 2.24) is 0 Å². The SMILES string of the molecule is CCC(=O)CC(O)CCc1ccccc1. The van der Waals surface area contributed by atoms with Crippen LogP contribution in [-0.2, 0) is 11.2 Å². The summed E-state index contributed by atoms with van der Waals surface area (Å²) >= 11 is 0. The van der Waals surface area contributed by atoms with Crippen LogP contribution in [-0.4, -0.2) is 17.0 Å². The normalized spacial score (nSPS) is 12.4. The van der Waals surface area contributed by atoms with Crippen LogP contribution in [0.4, 0.5) is 0 Å². The second-order valence-electron chi connectivity index (χ2n) is 3.77. The van der Waals surface area contributed by atoms with Gasteiger partial charge in [0.2, 0.25) is 0 Å². The Labute approximate surface area is 90.9 Å². The second kappa shape index (κ2) is 6.36. The van der Waals surface area contributed by atoms with Crippen LogP contribution < -0.4 is 0 Å².